The second-order valence-corrected chi connectivity index (χ2v) is 4.84. The summed E-state index contributed by atoms with van der Waals surface area (Å²) < 4.78 is 27.5. The lowest BCUT2D eigenvalue weighted by atomic mass is 9.85. The van der Waals surface area contributed by atoms with Gasteiger partial charge in [0.1, 0.15) is 11.6 Å². The molecule has 0 bridgehead atoms. The van der Waals surface area contributed by atoms with Gasteiger partial charge in [0.15, 0.2) is 5.78 Å². The van der Waals surface area contributed by atoms with Crippen molar-refractivity contribution in [1.29, 1.82) is 0 Å². The van der Waals surface area contributed by atoms with Crippen LogP contribution < -0.4 is 5.32 Å². The molecule has 1 aliphatic heterocycles. The van der Waals surface area contributed by atoms with E-state index in [1.165, 1.54) is 6.07 Å². The van der Waals surface area contributed by atoms with E-state index in [2.05, 4.69) is 5.32 Å². The summed E-state index contributed by atoms with van der Waals surface area (Å²) >= 11 is 0. The lowest BCUT2D eigenvalue weighted by molar-refractivity contribution is 0.0946. The zero-order valence-corrected chi connectivity index (χ0v) is 10.7. The fraction of sp³-hybridized carbons (Fsp3) is 0.188. The van der Waals surface area contributed by atoms with E-state index in [0.29, 0.717) is 13.1 Å². The van der Waals surface area contributed by atoms with Gasteiger partial charge in [0.25, 0.3) is 0 Å². The molecule has 1 atom stereocenters. The van der Waals surface area contributed by atoms with Crippen LogP contribution in [0.4, 0.5) is 8.78 Å². The van der Waals surface area contributed by atoms with Crippen molar-refractivity contribution in [2.75, 3.05) is 6.54 Å². The van der Waals surface area contributed by atoms with E-state index in [-0.39, 0.29) is 0 Å². The highest BCUT2D eigenvalue weighted by Crippen LogP contribution is 2.28. The minimum atomic E-state index is -0.807. The van der Waals surface area contributed by atoms with Crippen molar-refractivity contribution in [1.82, 2.24) is 5.32 Å². The standard InChI is InChI=1S/C16H13F2NO/c17-13-6-3-7-14(18)15(13)16(20)12-9-19-8-10-4-1-2-5-11(10)12/h1-7,12,19H,8-9H2. The summed E-state index contributed by atoms with van der Waals surface area (Å²) in [5.74, 6) is -2.68. The van der Waals surface area contributed by atoms with Crippen molar-refractivity contribution < 1.29 is 13.6 Å². The molecule has 1 N–H and O–H groups in total. The van der Waals surface area contributed by atoms with Crippen LogP contribution in [0.15, 0.2) is 42.5 Å². The molecule has 0 saturated heterocycles. The Kier molecular flexibility index (Phi) is 3.32. The van der Waals surface area contributed by atoms with Crippen molar-refractivity contribution >= 4 is 5.78 Å². The van der Waals surface area contributed by atoms with Crippen LogP contribution in [0.25, 0.3) is 0 Å². The van der Waals surface area contributed by atoms with Gasteiger partial charge in [0, 0.05) is 13.1 Å². The van der Waals surface area contributed by atoms with Crippen LogP contribution in [-0.4, -0.2) is 12.3 Å². The number of carbonyl (C=O) groups excluding carboxylic acids is 1. The molecule has 2 nitrogen and oxygen atoms in total. The topological polar surface area (TPSA) is 29.1 Å². The molecule has 102 valence electrons. The molecular weight excluding hydrogens is 260 g/mol. The Bertz CT molecular complexity index is 649. The summed E-state index contributed by atoms with van der Waals surface area (Å²) in [5, 5.41) is 3.11. The molecule has 4 heteroatoms. The molecule has 2 aromatic carbocycles. The molecular formula is C16H13F2NO. The first kappa shape index (κ1) is 12.9. The second-order valence-electron chi connectivity index (χ2n) is 4.84. The SMILES string of the molecule is O=C(c1c(F)cccc1F)C1CNCc2ccccc21. The molecule has 1 aliphatic rings. The molecule has 0 spiro atoms. The normalized spacial score (nSPS) is 17.6. The number of nitrogens with one attached hydrogen (secondary N) is 1. The molecule has 1 unspecified atom stereocenters. The number of hydrogen-bond donors (Lipinski definition) is 1. The van der Waals surface area contributed by atoms with Gasteiger partial charge >= 0.3 is 0 Å². The van der Waals surface area contributed by atoms with Gasteiger partial charge in [-0.2, -0.15) is 0 Å². The molecule has 0 aromatic heterocycles. The number of hydrogen-bond acceptors (Lipinski definition) is 2. The average molecular weight is 273 g/mol. The molecule has 0 fully saturated rings. The van der Waals surface area contributed by atoms with Crippen LogP contribution in [0.2, 0.25) is 0 Å². The summed E-state index contributed by atoms with van der Waals surface area (Å²) in [6.45, 7) is 1.06. The summed E-state index contributed by atoms with van der Waals surface area (Å²) in [7, 11) is 0. The Balaban J connectivity index is 2.05. The predicted molar refractivity (Wildman–Crippen MR) is 71.6 cm³/mol. The van der Waals surface area contributed by atoms with Crippen molar-refractivity contribution in [3.63, 3.8) is 0 Å². The third kappa shape index (κ3) is 2.12. The third-order valence-corrected chi connectivity index (χ3v) is 3.62. The Labute approximate surface area is 115 Å². The van der Waals surface area contributed by atoms with Gasteiger partial charge in [-0.15, -0.1) is 0 Å². The van der Waals surface area contributed by atoms with Crippen molar-refractivity contribution in [2.45, 2.75) is 12.5 Å². The minimum absolute atomic E-state index is 0.392. The third-order valence-electron chi connectivity index (χ3n) is 3.62. The zero-order valence-electron chi connectivity index (χ0n) is 10.7. The van der Waals surface area contributed by atoms with Crippen LogP contribution in [0.3, 0.4) is 0 Å². The van der Waals surface area contributed by atoms with E-state index in [0.717, 1.165) is 23.3 Å². The van der Waals surface area contributed by atoms with E-state index >= 15 is 0 Å². The monoisotopic (exact) mass is 273 g/mol. The van der Waals surface area contributed by atoms with Gasteiger partial charge in [-0.3, -0.25) is 4.79 Å². The molecule has 1 heterocycles. The minimum Gasteiger partial charge on any atom is -0.312 e. The molecule has 3 rings (SSSR count). The lowest BCUT2D eigenvalue weighted by Gasteiger charge is -2.25. The fourth-order valence-corrected chi connectivity index (χ4v) is 2.64. The first-order valence-electron chi connectivity index (χ1n) is 6.45. The van der Waals surface area contributed by atoms with Crippen LogP contribution in [0.1, 0.15) is 27.4 Å². The highest BCUT2D eigenvalue weighted by Gasteiger charge is 2.30. The second kappa shape index (κ2) is 5.13. The predicted octanol–water partition coefficient (Wildman–Crippen LogP) is 3.03. The Morgan fingerprint density at radius 2 is 1.75 bits per heavy atom. The number of halogens is 2. The maximum absolute atomic E-state index is 13.8. The van der Waals surface area contributed by atoms with Crippen molar-refractivity contribution in [3.05, 3.63) is 70.8 Å². The molecule has 0 amide bonds. The van der Waals surface area contributed by atoms with Crippen LogP contribution in [0, 0.1) is 11.6 Å². The first-order valence-corrected chi connectivity index (χ1v) is 6.45. The van der Waals surface area contributed by atoms with Gasteiger partial charge in [-0.05, 0) is 23.3 Å². The number of rotatable bonds is 2. The average Bonchev–Trinajstić information content (AvgIpc) is 2.46. The maximum Gasteiger partial charge on any atom is 0.177 e. The van der Waals surface area contributed by atoms with E-state index in [1.54, 1.807) is 0 Å². The number of ketones is 1. The largest absolute Gasteiger partial charge is 0.312 e. The zero-order chi connectivity index (χ0) is 14.1. The Hall–Kier alpha value is -2.07. The van der Waals surface area contributed by atoms with Gasteiger partial charge < -0.3 is 5.32 Å². The molecule has 0 saturated carbocycles. The lowest BCUT2D eigenvalue weighted by Crippen LogP contribution is -2.33. The summed E-state index contributed by atoms with van der Waals surface area (Å²) in [6, 6.07) is 11.0. The van der Waals surface area contributed by atoms with Gasteiger partial charge in [0.05, 0.1) is 11.5 Å². The number of Topliss-reactive ketones (excluding diaryl/α,β-unsaturated/α-hetero) is 1. The van der Waals surface area contributed by atoms with Crippen molar-refractivity contribution in [3.8, 4) is 0 Å². The van der Waals surface area contributed by atoms with E-state index in [4.69, 9.17) is 0 Å². The van der Waals surface area contributed by atoms with Crippen LogP contribution >= 0.6 is 0 Å². The highest BCUT2D eigenvalue weighted by atomic mass is 19.1. The van der Waals surface area contributed by atoms with E-state index < -0.39 is 28.9 Å². The summed E-state index contributed by atoms with van der Waals surface area (Å²) in [5.41, 5.74) is 1.39. The molecule has 2 aromatic rings. The van der Waals surface area contributed by atoms with Crippen LogP contribution in [0.5, 0.6) is 0 Å². The smallest absolute Gasteiger partial charge is 0.177 e. The molecule has 0 radical (unpaired) electrons. The fourth-order valence-electron chi connectivity index (χ4n) is 2.64. The number of carbonyl (C=O) groups is 1. The summed E-state index contributed by atoms with van der Waals surface area (Å²) in [6.07, 6.45) is 0. The number of fused-ring (bicyclic) bond motifs is 1. The van der Waals surface area contributed by atoms with E-state index in [1.807, 2.05) is 24.3 Å². The first-order chi connectivity index (χ1) is 9.68. The van der Waals surface area contributed by atoms with Gasteiger partial charge in [-0.1, -0.05) is 30.3 Å². The molecule has 0 aliphatic carbocycles. The van der Waals surface area contributed by atoms with Gasteiger partial charge in [0.2, 0.25) is 0 Å². The Morgan fingerprint density at radius 3 is 2.50 bits per heavy atom. The van der Waals surface area contributed by atoms with Gasteiger partial charge in [-0.25, -0.2) is 8.78 Å². The highest BCUT2D eigenvalue weighted by molar-refractivity contribution is 6.02. The maximum atomic E-state index is 13.8. The molecule has 20 heavy (non-hydrogen) atoms. The quantitative estimate of drug-likeness (QED) is 0.852. The van der Waals surface area contributed by atoms with E-state index in [9.17, 15) is 13.6 Å². The number of benzene rings is 2. The van der Waals surface area contributed by atoms with Crippen LogP contribution in [-0.2, 0) is 6.54 Å². The Morgan fingerprint density at radius 1 is 1.05 bits per heavy atom. The van der Waals surface area contributed by atoms with Crippen molar-refractivity contribution in [2.24, 2.45) is 0 Å². The summed E-state index contributed by atoms with van der Waals surface area (Å²) in [4.78, 5) is 12.5.